The Bertz CT molecular complexity index is 471. The third kappa shape index (κ3) is 3.05. The summed E-state index contributed by atoms with van der Waals surface area (Å²) in [7, 11) is 0. The summed E-state index contributed by atoms with van der Waals surface area (Å²) >= 11 is 0. The van der Waals surface area contributed by atoms with Crippen LogP contribution in [0.4, 0.5) is 13.2 Å². The van der Waals surface area contributed by atoms with Gasteiger partial charge in [0.1, 0.15) is 11.7 Å². The predicted molar refractivity (Wildman–Crippen MR) is 51.8 cm³/mol. The minimum absolute atomic E-state index is 0.260. The minimum Gasteiger partial charge on any atom is -0.423 e. The number of benzene rings is 1. The summed E-state index contributed by atoms with van der Waals surface area (Å²) in [5.74, 6) is -7.29. The SMILES string of the molecule is CC(=O)C(C)C(=O)Oc1cc(F)c(F)cc1F. The molecule has 3 nitrogen and oxygen atoms in total. The Morgan fingerprint density at radius 2 is 1.65 bits per heavy atom. The molecular formula is C11H9F3O3. The highest BCUT2D eigenvalue weighted by Gasteiger charge is 2.22. The number of hydrogen-bond donors (Lipinski definition) is 0. The third-order valence-corrected chi connectivity index (χ3v) is 2.15. The summed E-state index contributed by atoms with van der Waals surface area (Å²) < 4.78 is 42.9. The maximum atomic E-state index is 13.1. The van der Waals surface area contributed by atoms with E-state index in [4.69, 9.17) is 0 Å². The van der Waals surface area contributed by atoms with Crippen molar-refractivity contribution in [2.45, 2.75) is 13.8 Å². The number of ketones is 1. The molecule has 0 aliphatic carbocycles. The zero-order chi connectivity index (χ0) is 13.2. The molecule has 0 aliphatic rings. The molecule has 1 aromatic carbocycles. The molecule has 0 saturated carbocycles. The molecule has 1 atom stereocenters. The molecule has 6 heteroatoms. The zero-order valence-corrected chi connectivity index (χ0v) is 9.09. The van der Waals surface area contributed by atoms with Crippen molar-refractivity contribution in [3.63, 3.8) is 0 Å². The van der Waals surface area contributed by atoms with Crippen LogP contribution in [0, 0.1) is 23.4 Å². The van der Waals surface area contributed by atoms with E-state index in [1.165, 1.54) is 6.92 Å². The van der Waals surface area contributed by atoms with Gasteiger partial charge in [-0.25, -0.2) is 13.2 Å². The number of hydrogen-bond acceptors (Lipinski definition) is 3. The standard InChI is InChI=1S/C11H9F3O3/c1-5(6(2)15)11(16)17-10-4-8(13)7(12)3-9(10)14/h3-5H,1-2H3. The van der Waals surface area contributed by atoms with Crippen molar-refractivity contribution in [1.82, 2.24) is 0 Å². The van der Waals surface area contributed by atoms with Crippen LogP contribution >= 0.6 is 0 Å². The summed E-state index contributed by atoms with van der Waals surface area (Å²) in [5.41, 5.74) is 0. The fraction of sp³-hybridized carbons (Fsp3) is 0.273. The van der Waals surface area contributed by atoms with E-state index in [9.17, 15) is 22.8 Å². The predicted octanol–water partition coefficient (Wildman–Crippen LogP) is 2.23. The zero-order valence-electron chi connectivity index (χ0n) is 9.09. The summed E-state index contributed by atoms with van der Waals surface area (Å²) in [6.45, 7) is 2.43. The van der Waals surface area contributed by atoms with Crippen molar-refractivity contribution in [2.75, 3.05) is 0 Å². The Kier molecular flexibility index (Phi) is 3.88. The van der Waals surface area contributed by atoms with Gasteiger partial charge in [0, 0.05) is 12.1 Å². The number of Topliss-reactive ketones (excluding diaryl/α,β-unsaturated/α-hetero) is 1. The molecule has 0 saturated heterocycles. The van der Waals surface area contributed by atoms with E-state index >= 15 is 0 Å². The molecule has 1 unspecified atom stereocenters. The minimum atomic E-state index is -1.39. The molecule has 0 aliphatic heterocycles. The molecular weight excluding hydrogens is 237 g/mol. The van der Waals surface area contributed by atoms with Gasteiger partial charge in [-0.2, -0.15) is 0 Å². The summed E-state index contributed by atoms with van der Waals surface area (Å²) in [5, 5.41) is 0. The number of rotatable bonds is 3. The van der Waals surface area contributed by atoms with Crippen LogP contribution in [0.3, 0.4) is 0 Å². The topological polar surface area (TPSA) is 43.4 Å². The average molecular weight is 246 g/mol. The molecule has 1 rings (SSSR count). The fourth-order valence-corrected chi connectivity index (χ4v) is 0.945. The fourth-order valence-electron chi connectivity index (χ4n) is 0.945. The highest BCUT2D eigenvalue weighted by atomic mass is 19.2. The molecule has 0 aromatic heterocycles. The van der Waals surface area contributed by atoms with E-state index in [1.807, 2.05) is 0 Å². The molecule has 0 N–H and O–H groups in total. The Morgan fingerprint density at radius 1 is 1.12 bits per heavy atom. The van der Waals surface area contributed by atoms with Crippen LogP contribution in [-0.4, -0.2) is 11.8 Å². The number of halogens is 3. The largest absolute Gasteiger partial charge is 0.423 e. The van der Waals surface area contributed by atoms with Crippen molar-refractivity contribution in [1.29, 1.82) is 0 Å². The van der Waals surface area contributed by atoms with Gasteiger partial charge < -0.3 is 4.74 Å². The van der Waals surface area contributed by atoms with Gasteiger partial charge in [0.05, 0.1) is 0 Å². The van der Waals surface area contributed by atoms with Gasteiger partial charge in [0.2, 0.25) is 0 Å². The lowest BCUT2D eigenvalue weighted by atomic mass is 10.1. The van der Waals surface area contributed by atoms with Crippen LogP contribution in [0.2, 0.25) is 0 Å². The van der Waals surface area contributed by atoms with Crippen molar-refractivity contribution in [3.8, 4) is 5.75 Å². The number of carbonyl (C=O) groups is 2. The Labute approximate surface area is 95.2 Å². The van der Waals surface area contributed by atoms with Crippen LogP contribution in [0.5, 0.6) is 5.75 Å². The summed E-state index contributed by atoms with van der Waals surface area (Å²) in [6.07, 6.45) is 0. The van der Waals surface area contributed by atoms with Crippen molar-refractivity contribution in [2.24, 2.45) is 5.92 Å². The van der Waals surface area contributed by atoms with Gasteiger partial charge in [0.25, 0.3) is 0 Å². The Balaban J connectivity index is 2.93. The van der Waals surface area contributed by atoms with Crippen LogP contribution < -0.4 is 4.74 Å². The second-order valence-electron chi connectivity index (χ2n) is 3.45. The van der Waals surface area contributed by atoms with Crippen LogP contribution in [-0.2, 0) is 9.59 Å². The molecule has 0 spiro atoms. The maximum absolute atomic E-state index is 13.1. The second kappa shape index (κ2) is 4.99. The lowest BCUT2D eigenvalue weighted by molar-refractivity contribution is -0.142. The van der Waals surface area contributed by atoms with Crippen LogP contribution in [0.1, 0.15) is 13.8 Å². The van der Waals surface area contributed by atoms with Gasteiger partial charge in [-0.3, -0.25) is 9.59 Å². The van der Waals surface area contributed by atoms with Gasteiger partial charge in [-0.05, 0) is 13.8 Å². The summed E-state index contributed by atoms with van der Waals surface area (Å²) in [4.78, 5) is 22.1. The molecule has 17 heavy (non-hydrogen) atoms. The van der Waals surface area contributed by atoms with E-state index in [-0.39, 0.29) is 6.07 Å². The first-order valence-electron chi connectivity index (χ1n) is 4.69. The first-order chi connectivity index (χ1) is 7.82. The van der Waals surface area contributed by atoms with E-state index in [1.54, 1.807) is 0 Å². The molecule has 0 heterocycles. The molecule has 0 amide bonds. The lowest BCUT2D eigenvalue weighted by Crippen LogP contribution is -2.24. The number of carbonyl (C=O) groups excluding carboxylic acids is 2. The third-order valence-electron chi connectivity index (χ3n) is 2.15. The van der Waals surface area contributed by atoms with Crippen molar-refractivity contribution < 1.29 is 27.5 Å². The Hall–Kier alpha value is -1.85. The van der Waals surface area contributed by atoms with Crippen molar-refractivity contribution in [3.05, 3.63) is 29.6 Å². The molecule has 0 radical (unpaired) electrons. The normalized spacial score (nSPS) is 12.1. The van der Waals surface area contributed by atoms with Crippen LogP contribution in [0.15, 0.2) is 12.1 Å². The molecule has 0 bridgehead atoms. The molecule has 92 valence electrons. The quantitative estimate of drug-likeness (QED) is 0.355. The second-order valence-corrected chi connectivity index (χ2v) is 3.45. The lowest BCUT2D eigenvalue weighted by Gasteiger charge is -2.09. The monoisotopic (exact) mass is 246 g/mol. The first-order valence-corrected chi connectivity index (χ1v) is 4.69. The van der Waals surface area contributed by atoms with E-state index in [0.29, 0.717) is 6.07 Å². The molecule has 0 fully saturated rings. The average Bonchev–Trinajstić information content (AvgIpc) is 2.24. The maximum Gasteiger partial charge on any atom is 0.321 e. The van der Waals surface area contributed by atoms with Gasteiger partial charge in [-0.15, -0.1) is 0 Å². The summed E-state index contributed by atoms with van der Waals surface area (Å²) in [6, 6.07) is 0.672. The van der Waals surface area contributed by atoms with Crippen LogP contribution in [0.25, 0.3) is 0 Å². The smallest absolute Gasteiger partial charge is 0.321 e. The van der Waals surface area contributed by atoms with Gasteiger partial charge in [-0.1, -0.05) is 0 Å². The van der Waals surface area contributed by atoms with E-state index in [2.05, 4.69) is 4.74 Å². The molecule has 1 aromatic rings. The van der Waals surface area contributed by atoms with Gasteiger partial charge >= 0.3 is 5.97 Å². The highest BCUT2D eigenvalue weighted by Crippen LogP contribution is 2.21. The highest BCUT2D eigenvalue weighted by molar-refractivity contribution is 5.98. The van der Waals surface area contributed by atoms with E-state index in [0.717, 1.165) is 6.92 Å². The van der Waals surface area contributed by atoms with Crippen molar-refractivity contribution >= 4 is 11.8 Å². The number of ether oxygens (including phenoxy) is 1. The first kappa shape index (κ1) is 13.2. The van der Waals surface area contributed by atoms with E-state index < -0.39 is 40.9 Å². The number of esters is 1. The Morgan fingerprint density at radius 3 is 2.18 bits per heavy atom. The van der Waals surface area contributed by atoms with Gasteiger partial charge in [0.15, 0.2) is 23.2 Å².